The molecular formula is C16H12N2. The Kier molecular flexibility index (Phi) is 6.12. The van der Waals surface area contributed by atoms with Crippen LogP contribution in [0.3, 0.4) is 0 Å². The van der Waals surface area contributed by atoms with Gasteiger partial charge in [-0.2, -0.15) is 10.5 Å². The smallest absolute Gasteiger partial charge is 0.0919 e. The van der Waals surface area contributed by atoms with Gasteiger partial charge in [0, 0.05) is 12.2 Å². The molecule has 0 aliphatic carbocycles. The van der Waals surface area contributed by atoms with E-state index in [0.717, 1.165) is 12.2 Å². The maximum Gasteiger partial charge on any atom is 0.0919 e. The number of benzene rings is 2. The molecule has 2 heteroatoms. The Morgan fingerprint density at radius 2 is 0.944 bits per heavy atom. The molecule has 0 amide bonds. The van der Waals surface area contributed by atoms with Crippen LogP contribution in [0.4, 0.5) is 0 Å². The second-order valence-corrected chi connectivity index (χ2v) is 3.32. The molecule has 0 aliphatic rings. The highest BCUT2D eigenvalue weighted by Gasteiger charge is 1.91. The van der Waals surface area contributed by atoms with Crippen LogP contribution in [0.1, 0.15) is 0 Å². The van der Waals surface area contributed by atoms with E-state index < -0.39 is 0 Å². The summed E-state index contributed by atoms with van der Waals surface area (Å²) >= 11 is 0. The zero-order valence-corrected chi connectivity index (χ0v) is 9.82. The lowest BCUT2D eigenvalue weighted by molar-refractivity contribution is 1.52. The monoisotopic (exact) mass is 232 g/mol. The first kappa shape index (κ1) is 13.2. The summed E-state index contributed by atoms with van der Waals surface area (Å²) in [5.41, 5.74) is 2.55. The van der Waals surface area contributed by atoms with E-state index in [1.54, 1.807) is 12.1 Å². The Labute approximate surface area is 107 Å². The molecular weight excluding hydrogens is 220 g/mol. The van der Waals surface area contributed by atoms with Crippen LogP contribution in [0.5, 0.6) is 0 Å². The molecule has 2 aromatic rings. The van der Waals surface area contributed by atoms with Crippen LogP contribution in [0, 0.1) is 22.7 Å². The Morgan fingerprint density at radius 1 is 0.611 bits per heavy atom. The van der Waals surface area contributed by atoms with E-state index in [9.17, 15) is 0 Å². The molecule has 0 saturated heterocycles. The normalized spacial score (nSPS) is 8.78. The van der Waals surface area contributed by atoms with Gasteiger partial charge in [-0.15, -0.1) is 0 Å². The van der Waals surface area contributed by atoms with Crippen LogP contribution in [0.2, 0.25) is 0 Å². The van der Waals surface area contributed by atoms with Crippen molar-refractivity contribution in [2.75, 3.05) is 0 Å². The van der Waals surface area contributed by atoms with Crippen LogP contribution in [0.25, 0.3) is 11.1 Å². The van der Waals surface area contributed by atoms with Gasteiger partial charge in [-0.25, -0.2) is 0 Å². The third-order valence-electron chi connectivity index (χ3n) is 2.11. The zero-order valence-electron chi connectivity index (χ0n) is 9.82. The Morgan fingerprint density at radius 3 is 1.22 bits per heavy atom. The number of nitriles is 2. The molecule has 86 valence electrons. The maximum absolute atomic E-state index is 7.71. The number of rotatable bonds is 1. The van der Waals surface area contributed by atoms with E-state index in [1.807, 2.05) is 12.1 Å². The minimum atomic E-state index is 1.12. The van der Waals surface area contributed by atoms with Gasteiger partial charge in [0.05, 0.1) is 12.1 Å². The molecule has 0 saturated carbocycles. The average molecular weight is 232 g/mol. The predicted molar refractivity (Wildman–Crippen MR) is 72.2 cm³/mol. The fourth-order valence-electron chi connectivity index (χ4n) is 1.34. The fraction of sp³-hybridized carbons (Fsp3) is 0. The summed E-state index contributed by atoms with van der Waals surface area (Å²) in [5, 5.41) is 15.4. The number of allylic oxidation sites excluding steroid dienone is 2. The molecule has 0 fully saturated rings. The van der Waals surface area contributed by atoms with Gasteiger partial charge in [0.2, 0.25) is 0 Å². The fourth-order valence-corrected chi connectivity index (χ4v) is 1.34. The SMILES string of the molecule is N#CC=CC#N.c1ccc(-c2ccccc2)cc1. The van der Waals surface area contributed by atoms with E-state index in [4.69, 9.17) is 10.5 Å². The summed E-state index contributed by atoms with van der Waals surface area (Å²) in [5.74, 6) is 0. The van der Waals surface area contributed by atoms with Crippen molar-refractivity contribution in [3.63, 3.8) is 0 Å². The summed E-state index contributed by atoms with van der Waals surface area (Å²) in [4.78, 5) is 0. The molecule has 0 bridgehead atoms. The second-order valence-electron chi connectivity index (χ2n) is 3.32. The number of nitrogens with zero attached hydrogens (tertiary/aromatic N) is 2. The van der Waals surface area contributed by atoms with Gasteiger partial charge in [-0.05, 0) is 11.1 Å². The molecule has 0 spiro atoms. The Balaban J connectivity index is 0.000000232. The van der Waals surface area contributed by atoms with Crippen LogP contribution < -0.4 is 0 Å². The molecule has 2 nitrogen and oxygen atoms in total. The third-order valence-corrected chi connectivity index (χ3v) is 2.11. The maximum atomic E-state index is 7.71. The van der Waals surface area contributed by atoms with Crippen LogP contribution in [-0.2, 0) is 0 Å². The molecule has 0 aliphatic heterocycles. The third kappa shape index (κ3) is 4.79. The molecule has 2 aromatic carbocycles. The van der Waals surface area contributed by atoms with Crippen molar-refractivity contribution >= 4 is 0 Å². The quantitative estimate of drug-likeness (QED) is 0.699. The van der Waals surface area contributed by atoms with Gasteiger partial charge in [-0.3, -0.25) is 0 Å². The van der Waals surface area contributed by atoms with Crippen molar-refractivity contribution in [2.24, 2.45) is 0 Å². The second kappa shape index (κ2) is 8.33. The van der Waals surface area contributed by atoms with Gasteiger partial charge < -0.3 is 0 Å². The van der Waals surface area contributed by atoms with Crippen molar-refractivity contribution in [1.82, 2.24) is 0 Å². The predicted octanol–water partition coefficient (Wildman–Crippen LogP) is 3.94. The van der Waals surface area contributed by atoms with E-state index in [2.05, 4.69) is 48.5 Å². The molecule has 0 heterocycles. The topological polar surface area (TPSA) is 47.6 Å². The largest absolute Gasteiger partial charge is 0.193 e. The lowest BCUT2D eigenvalue weighted by Gasteiger charge is -1.98. The van der Waals surface area contributed by atoms with E-state index in [1.165, 1.54) is 11.1 Å². The van der Waals surface area contributed by atoms with E-state index in [-0.39, 0.29) is 0 Å². The van der Waals surface area contributed by atoms with Crippen molar-refractivity contribution in [3.8, 4) is 23.3 Å². The van der Waals surface area contributed by atoms with E-state index >= 15 is 0 Å². The molecule has 2 rings (SSSR count). The average Bonchev–Trinajstić information content (AvgIpc) is 2.48. The highest BCUT2D eigenvalue weighted by atomic mass is 14.2. The standard InChI is InChI=1S/C12H10.C4H2N2/c1-3-7-11(8-4-1)12-9-5-2-6-10-12;5-3-1-2-4-6/h1-10H;1-2H. The minimum absolute atomic E-state index is 1.12. The first-order valence-electron chi connectivity index (χ1n) is 5.43. The Bertz CT molecular complexity index is 504. The van der Waals surface area contributed by atoms with Crippen LogP contribution >= 0.6 is 0 Å². The zero-order chi connectivity index (χ0) is 13.1. The van der Waals surface area contributed by atoms with Crippen molar-refractivity contribution in [1.29, 1.82) is 10.5 Å². The van der Waals surface area contributed by atoms with Gasteiger partial charge in [0.1, 0.15) is 0 Å². The van der Waals surface area contributed by atoms with Crippen molar-refractivity contribution in [2.45, 2.75) is 0 Å². The van der Waals surface area contributed by atoms with E-state index in [0.29, 0.717) is 0 Å². The number of hydrogen-bond acceptors (Lipinski definition) is 2. The molecule has 0 aromatic heterocycles. The molecule has 0 radical (unpaired) electrons. The van der Waals surface area contributed by atoms with Gasteiger partial charge in [-0.1, -0.05) is 60.7 Å². The highest BCUT2D eigenvalue weighted by Crippen LogP contribution is 2.17. The summed E-state index contributed by atoms with van der Waals surface area (Å²) < 4.78 is 0. The summed E-state index contributed by atoms with van der Waals surface area (Å²) in [6.07, 6.45) is 2.25. The molecule has 0 atom stereocenters. The summed E-state index contributed by atoms with van der Waals surface area (Å²) in [7, 11) is 0. The van der Waals surface area contributed by atoms with Gasteiger partial charge in [0.25, 0.3) is 0 Å². The van der Waals surface area contributed by atoms with Gasteiger partial charge >= 0.3 is 0 Å². The Hall–Kier alpha value is -2.84. The first-order chi connectivity index (χ1) is 8.88. The lowest BCUT2D eigenvalue weighted by Crippen LogP contribution is -1.73. The summed E-state index contributed by atoms with van der Waals surface area (Å²) in [6, 6.07) is 24.1. The highest BCUT2D eigenvalue weighted by molar-refractivity contribution is 5.62. The first-order valence-corrected chi connectivity index (χ1v) is 5.43. The molecule has 18 heavy (non-hydrogen) atoms. The van der Waals surface area contributed by atoms with Crippen LogP contribution in [-0.4, -0.2) is 0 Å². The lowest BCUT2D eigenvalue weighted by atomic mass is 10.1. The molecule has 0 unspecified atom stereocenters. The number of hydrogen-bond donors (Lipinski definition) is 0. The van der Waals surface area contributed by atoms with Crippen molar-refractivity contribution in [3.05, 3.63) is 72.8 Å². The van der Waals surface area contributed by atoms with Crippen molar-refractivity contribution < 1.29 is 0 Å². The summed E-state index contributed by atoms with van der Waals surface area (Å²) in [6.45, 7) is 0. The molecule has 0 N–H and O–H groups in total. The van der Waals surface area contributed by atoms with Gasteiger partial charge in [0.15, 0.2) is 0 Å². The minimum Gasteiger partial charge on any atom is -0.193 e. The van der Waals surface area contributed by atoms with Crippen LogP contribution in [0.15, 0.2) is 72.8 Å².